The molecule has 15 nitrogen and oxygen atoms in total. The Bertz CT molecular complexity index is 2580. The number of benzene rings is 3. The van der Waals surface area contributed by atoms with Gasteiger partial charge in [-0.15, -0.1) is 0 Å². The topological polar surface area (TPSA) is 227 Å². The van der Waals surface area contributed by atoms with E-state index in [-0.39, 0.29) is 47.5 Å². The summed E-state index contributed by atoms with van der Waals surface area (Å²) in [5.41, 5.74) is -1.01. The van der Waals surface area contributed by atoms with Crippen LogP contribution in [0.2, 0.25) is 0 Å². The van der Waals surface area contributed by atoms with Gasteiger partial charge in [-0.3, -0.25) is 24.4 Å². The van der Waals surface area contributed by atoms with Crippen molar-refractivity contribution in [3.8, 4) is 17.2 Å². The number of carbonyl (C=O) groups excluding carboxylic acids is 3. The fourth-order valence-electron chi connectivity index (χ4n) is 8.36. The van der Waals surface area contributed by atoms with E-state index in [4.69, 9.17) is 14.2 Å². The summed E-state index contributed by atoms with van der Waals surface area (Å²) in [6, 6.07) is 10.8. The Morgan fingerprint density at radius 3 is 0.915 bits per heavy atom. The van der Waals surface area contributed by atoms with Crippen molar-refractivity contribution in [2.24, 2.45) is 0 Å². The molecule has 0 unspecified atom stereocenters. The first kappa shape index (κ1) is 57.5. The van der Waals surface area contributed by atoms with Gasteiger partial charge in [0.25, 0.3) is 0 Å². The van der Waals surface area contributed by atoms with Crippen molar-refractivity contribution in [1.82, 2.24) is 14.5 Å². The van der Waals surface area contributed by atoms with Gasteiger partial charge >= 0.3 is 40.9 Å². The molecular weight excluding hydrogens is 907 g/mol. The molecule has 0 aliphatic rings. The zero-order valence-electron chi connectivity index (χ0n) is 45.4. The van der Waals surface area contributed by atoms with E-state index in [1.165, 1.54) is 0 Å². The minimum absolute atomic E-state index is 0.0266. The van der Waals surface area contributed by atoms with E-state index in [0.717, 1.165) is 0 Å². The van der Waals surface area contributed by atoms with E-state index in [1.54, 1.807) is 24.3 Å². The van der Waals surface area contributed by atoms with Crippen LogP contribution in [0, 0.1) is 0 Å². The van der Waals surface area contributed by atoms with Gasteiger partial charge in [0.15, 0.2) is 6.61 Å². The quantitative estimate of drug-likeness (QED) is 0.0589. The van der Waals surface area contributed by atoms with Gasteiger partial charge in [-0.05, 0) is 102 Å². The van der Waals surface area contributed by atoms with Crippen molar-refractivity contribution < 1.29 is 43.9 Å². The summed E-state index contributed by atoms with van der Waals surface area (Å²) in [5.74, 6) is -5.71. The minimum Gasteiger partial charge on any atom is -0.507 e. The van der Waals surface area contributed by atoms with Gasteiger partial charge in [0.2, 0.25) is 0 Å². The number of aromatic amines is 2. The molecule has 1 heterocycles. The number of H-pyrrole nitrogens is 2. The molecule has 0 fully saturated rings. The highest BCUT2D eigenvalue weighted by atomic mass is 16.8. The number of ether oxygens (including phenoxy) is 3. The molecular formula is C56H79N3O12. The van der Waals surface area contributed by atoms with Gasteiger partial charge in [0, 0.05) is 19.3 Å². The predicted octanol–water partition coefficient (Wildman–Crippen LogP) is 9.27. The van der Waals surface area contributed by atoms with E-state index in [9.17, 15) is 44.1 Å². The van der Waals surface area contributed by atoms with E-state index < -0.39 is 92.8 Å². The molecule has 390 valence electrons. The summed E-state index contributed by atoms with van der Waals surface area (Å²) in [6.07, 6.45) is -0.916. The third-order valence-electron chi connectivity index (χ3n) is 12.4. The fourth-order valence-corrected chi connectivity index (χ4v) is 8.36. The number of phenols is 3. The van der Waals surface area contributed by atoms with Crippen LogP contribution in [0.15, 0.2) is 50.8 Å². The van der Waals surface area contributed by atoms with Crippen molar-refractivity contribution >= 4 is 17.9 Å². The third-order valence-corrected chi connectivity index (χ3v) is 12.4. The molecule has 71 heavy (non-hydrogen) atoms. The fraction of sp³-hybridized carbons (Fsp3) is 0.571. The molecule has 0 amide bonds. The van der Waals surface area contributed by atoms with E-state index in [2.05, 4.69) is 0 Å². The number of nitrogens with one attached hydrogen (secondary N) is 2. The molecule has 0 atom stereocenters. The number of aromatic hydroxyl groups is 3. The lowest BCUT2D eigenvalue weighted by Crippen LogP contribution is -2.59. The smallest absolute Gasteiger partial charge is 0.390 e. The average molecular weight is 986 g/mol. The molecule has 3 aromatic carbocycles. The maximum absolute atomic E-state index is 14.2. The van der Waals surface area contributed by atoms with Crippen LogP contribution in [-0.4, -0.2) is 54.4 Å². The number of rotatable bonds is 14. The molecule has 0 aliphatic heterocycles. The molecule has 4 aromatic rings. The summed E-state index contributed by atoms with van der Waals surface area (Å²) in [5, 5.41) is 34.0. The van der Waals surface area contributed by atoms with Gasteiger partial charge in [-0.1, -0.05) is 161 Å². The molecule has 0 spiro atoms. The maximum atomic E-state index is 14.2. The summed E-state index contributed by atoms with van der Waals surface area (Å²) in [7, 11) is 0. The lowest BCUT2D eigenvalue weighted by atomic mass is 9.78. The van der Waals surface area contributed by atoms with Crippen molar-refractivity contribution in [2.45, 2.75) is 202 Å². The summed E-state index contributed by atoms with van der Waals surface area (Å²) >= 11 is 0. The Hall–Kier alpha value is -6.12. The number of aryl methyl sites for hydroxylation is 3. The monoisotopic (exact) mass is 986 g/mol. The molecule has 4 rings (SSSR count). The molecule has 0 bridgehead atoms. The van der Waals surface area contributed by atoms with Crippen LogP contribution in [0.3, 0.4) is 0 Å². The van der Waals surface area contributed by atoms with Gasteiger partial charge in [0.05, 0.1) is 0 Å². The SMILES string of the molecule is CC(C)(C)c1cc(CCC(=O)OCC(OC(=O)CCc2cc(C(C)(C)C)c(O)c(C(C)(C)C)c2)(OC(=O)CCc2cc(C(C)(C)C)c(O)c(C(C)(C)C)c2)n2c(=O)[nH]c(=O)[nH]c2=O)cc(C(C)(C)C)c1O. The maximum Gasteiger partial charge on any atom is 0.390 e. The zero-order valence-corrected chi connectivity index (χ0v) is 45.4. The van der Waals surface area contributed by atoms with Crippen molar-refractivity contribution in [1.29, 1.82) is 0 Å². The van der Waals surface area contributed by atoms with Crippen LogP contribution in [0.4, 0.5) is 0 Å². The second-order valence-electron chi connectivity index (χ2n) is 25.0. The van der Waals surface area contributed by atoms with Gasteiger partial charge in [0.1, 0.15) is 17.2 Å². The van der Waals surface area contributed by atoms with Gasteiger partial charge < -0.3 is 29.5 Å². The molecule has 0 radical (unpaired) electrons. The van der Waals surface area contributed by atoms with Crippen LogP contribution in [0.25, 0.3) is 0 Å². The second-order valence-corrected chi connectivity index (χ2v) is 25.0. The molecule has 5 N–H and O–H groups in total. The predicted molar refractivity (Wildman–Crippen MR) is 275 cm³/mol. The molecule has 0 saturated heterocycles. The van der Waals surface area contributed by atoms with Gasteiger partial charge in [-0.2, -0.15) is 4.57 Å². The standard InChI is InChI=1S/C56H79N3O12/c1-50(2,3)35-25-32(26-36(44(35)63)51(4,5)6)19-22-41(60)69-31-56(59-48(67)57-47(66)58-49(59)68,70-42(61)23-20-33-27-37(52(7,8)9)45(64)38(28-33)53(10,11)12)71-43(62)24-21-34-29-39(54(13,14)15)46(65)40(30-34)55(16,17)18/h25-30,63-65H,19-24,31H2,1-18H3,(H2,57,58,66,67,68). The van der Waals surface area contributed by atoms with Crippen LogP contribution < -0.4 is 17.1 Å². The van der Waals surface area contributed by atoms with Crippen LogP contribution in [0.5, 0.6) is 17.2 Å². The number of aromatic nitrogens is 3. The van der Waals surface area contributed by atoms with Gasteiger partial charge in [-0.25, -0.2) is 14.4 Å². The minimum atomic E-state index is -3.08. The van der Waals surface area contributed by atoms with Crippen LogP contribution in [-0.2, 0) is 86.3 Å². The average Bonchev–Trinajstić information content (AvgIpc) is 3.18. The Morgan fingerprint density at radius 2 is 0.676 bits per heavy atom. The largest absolute Gasteiger partial charge is 0.507 e. The molecule has 0 saturated carbocycles. The molecule has 0 aliphatic carbocycles. The third kappa shape index (κ3) is 14.3. The number of hydrogen-bond donors (Lipinski definition) is 5. The summed E-state index contributed by atoms with van der Waals surface area (Å²) < 4.78 is 17.7. The normalized spacial score (nSPS) is 13.0. The first-order valence-corrected chi connectivity index (χ1v) is 24.3. The number of phenolic OH excluding ortho intramolecular Hbond substituents is 3. The number of carbonyl (C=O) groups is 3. The Morgan fingerprint density at radius 1 is 0.437 bits per heavy atom. The molecule has 15 heteroatoms. The van der Waals surface area contributed by atoms with Crippen LogP contribution >= 0.6 is 0 Å². The Balaban J connectivity index is 1.82. The Labute approximate surface area is 418 Å². The van der Waals surface area contributed by atoms with E-state index >= 15 is 0 Å². The molecule has 1 aromatic heterocycles. The lowest BCUT2D eigenvalue weighted by Gasteiger charge is -2.32. The van der Waals surface area contributed by atoms with Crippen molar-refractivity contribution in [3.05, 3.63) is 118 Å². The highest BCUT2D eigenvalue weighted by molar-refractivity contribution is 5.73. The number of nitrogens with zero attached hydrogens (tertiary/aromatic N) is 1. The second kappa shape index (κ2) is 20.5. The van der Waals surface area contributed by atoms with Crippen LogP contribution in [0.1, 0.15) is 194 Å². The zero-order chi connectivity index (χ0) is 54.2. The first-order valence-electron chi connectivity index (χ1n) is 24.3. The van der Waals surface area contributed by atoms with Crippen molar-refractivity contribution in [3.63, 3.8) is 0 Å². The highest BCUT2D eigenvalue weighted by Crippen LogP contribution is 2.43. The number of hydrogen-bond acceptors (Lipinski definition) is 12. The summed E-state index contributed by atoms with van der Waals surface area (Å²) in [4.78, 5) is 86.0. The van der Waals surface area contributed by atoms with E-state index in [1.807, 2.05) is 147 Å². The number of esters is 3. The Kier molecular flexibility index (Phi) is 16.6. The lowest BCUT2D eigenvalue weighted by molar-refractivity contribution is -0.287. The van der Waals surface area contributed by atoms with Crippen molar-refractivity contribution in [2.75, 3.05) is 6.61 Å². The van der Waals surface area contributed by atoms with E-state index in [0.29, 0.717) is 50.1 Å². The first-order chi connectivity index (χ1) is 32.2. The summed E-state index contributed by atoms with van der Waals surface area (Å²) in [6.45, 7) is 33.9. The highest BCUT2D eigenvalue weighted by Gasteiger charge is 2.46.